The SMILES string of the molecule is C=C=C(OCc1ccccc1)C1(OC(=O)c2ccccc2)CCC/C1=C\C(C)C. The van der Waals surface area contributed by atoms with Crippen LogP contribution in [0, 0.1) is 5.92 Å². The first-order chi connectivity index (χ1) is 14.0. The Hall–Kier alpha value is -3.03. The standard InChI is InChI=1S/C26H28O3/c1-4-24(28-19-21-12-7-5-8-13-21)26(17-11-16-23(26)18-20(2)3)29-25(27)22-14-9-6-10-15-22/h5-10,12-15,18,20H,1,11,16-17,19H2,2-3H3/b23-18+. The molecule has 1 aliphatic carbocycles. The molecule has 2 aromatic carbocycles. The van der Waals surface area contributed by atoms with Gasteiger partial charge in [0.25, 0.3) is 0 Å². The third-order valence-corrected chi connectivity index (χ3v) is 5.06. The number of esters is 1. The maximum Gasteiger partial charge on any atom is 0.339 e. The Morgan fingerprint density at radius 2 is 1.79 bits per heavy atom. The highest BCUT2D eigenvalue weighted by Gasteiger charge is 2.47. The summed E-state index contributed by atoms with van der Waals surface area (Å²) < 4.78 is 12.3. The fraction of sp³-hybridized carbons (Fsp3) is 0.308. The maximum atomic E-state index is 13.0. The molecule has 1 aliphatic rings. The number of carbonyl (C=O) groups is 1. The van der Waals surface area contributed by atoms with Crippen LogP contribution in [0.5, 0.6) is 0 Å². The molecule has 2 aromatic rings. The van der Waals surface area contributed by atoms with E-state index in [9.17, 15) is 4.79 Å². The highest BCUT2D eigenvalue weighted by Crippen LogP contribution is 2.45. The summed E-state index contributed by atoms with van der Waals surface area (Å²) in [5.74, 6) is 0.450. The summed E-state index contributed by atoms with van der Waals surface area (Å²) in [6, 6.07) is 19.0. The molecule has 0 spiro atoms. The van der Waals surface area contributed by atoms with Crippen molar-refractivity contribution in [2.45, 2.75) is 45.3 Å². The van der Waals surface area contributed by atoms with Gasteiger partial charge in [0.05, 0.1) is 5.56 Å². The molecule has 0 amide bonds. The van der Waals surface area contributed by atoms with Gasteiger partial charge in [0.1, 0.15) is 6.61 Å². The summed E-state index contributed by atoms with van der Waals surface area (Å²) in [6.07, 6.45) is 4.62. The van der Waals surface area contributed by atoms with Crippen LogP contribution in [-0.2, 0) is 16.1 Å². The molecule has 3 rings (SSSR count). The van der Waals surface area contributed by atoms with E-state index in [0.29, 0.717) is 30.3 Å². The van der Waals surface area contributed by atoms with E-state index in [1.807, 2.05) is 48.5 Å². The molecule has 0 aromatic heterocycles. The normalized spacial score (nSPS) is 19.8. The summed E-state index contributed by atoms with van der Waals surface area (Å²) in [7, 11) is 0. The Morgan fingerprint density at radius 1 is 1.14 bits per heavy atom. The molecule has 150 valence electrons. The van der Waals surface area contributed by atoms with Gasteiger partial charge in [-0.15, -0.1) is 0 Å². The first kappa shape index (κ1) is 20.7. The van der Waals surface area contributed by atoms with E-state index in [1.165, 1.54) is 0 Å². The van der Waals surface area contributed by atoms with E-state index in [1.54, 1.807) is 12.1 Å². The minimum absolute atomic E-state index is 0.332. The molecular weight excluding hydrogens is 360 g/mol. The number of allylic oxidation sites excluding steroid dienone is 1. The number of ether oxygens (including phenoxy) is 2. The lowest BCUT2D eigenvalue weighted by Gasteiger charge is -2.32. The Bertz CT molecular complexity index is 905. The molecule has 0 N–H and O–H groups in total. The minimum atomic E-state index is -0.951. The zero-order chi connectivity index (χ0) is 20.7. The molecular formula is C26H28O3. The first-order valence-electron chi connectivity index (χ1n) is 10.1. The first-order valence-corrected chi connectivity index (χ1v) is 10.1. The summed E-state index contributed by atoms with van der Waals surface area (Å²) in [4.78, 5) is 13.0. The van der Waals surface area contributed by atoms with Crippen LogP contribution in [0.1, 0.15) is 49.0 Å². The number of benzene rings is 2. The van der Waals surface area contributed by atoms with Crippen LogP contribution in [0.2, 0.25) is 0 Å². The lowest BCUT2D eigenvalue weighted by atomic mass is 9.91. The van der Waals surface area contributed by atoms with E-state index >= 15 is 0 Å². The second-order valence-electron chi connectivity index (χ2n) is 7.65. The summed E-state index contributed by atoms with van der Waals surface area (Å²) >= 11 is 0. The van der Waals surface area contributed by atoms with Gasteiger partial charge in [-0.05, 0) is 48.4 Å². The van der Waals surface area contributed by atoms with Gasteiger partial charge in [-0.2, -0.15) is 0 Å². The van der Waals surface area contributed by atoms with Crippen LogP contribution in [0.3, 0.4) is 0 Å². The number of carbonyl (C=O) groups excluding carboxylic acids is 1. The van der Waals surface area contributed by atoms with Crippen molar-refractivity contribution in [1.82, 2.24) is 0 Å². The van der Waals surface area contributed by atoms with Crippen molar-refractivity contribution in [3.8, 4) is 0 Å². The maximum absolute atomic E-state index is 13.0. The smallest absolute Gasteiger partial charge is 0.339 e. The van der Waals surface area contributed by atoms with Crippen molar-refractivity contribution in [2.75, 3.05) is 0 Å². The largest absolute Gasteiger partial charge is 0.481 e. The highest BCUT2D eigenvalue weighted by atomic mass is 16.6. The molecule has 0 saturated heterocycles. The van der Waals surface area contributed by atoms with Crippen molar-refractivity contribution in [2.24, 2.45) is 5.92 Å². The van der Waals surface area contributed by atoms with Crippen LogP contribution >= 0.6 is 0 Å². The van der Waals surface area contributed by atoms with Crippen LogP contribution in [0.15, 0.2) is 90.4 Å². The van der Waals surface area contributed by atoms with Crippen molar-refractivity contribution >= 4 is 5.97 Å². The Balaban J connectivity index is 1.93. The summed E-state index contributed by atoms with van der Waals surface area (Å²) in [5.41, 5.74) is 4.62. The third kappa shape index (κ3) is 4.88. The number of rotatable bonds is 7. The molecule has 0 aliphatic heterocycles. The average molecular weight is 389 g/mol. The monoisotopic (exact) mass is 388 g/mol. The van der Waals surface area contributed by atoms with Gasteiger partial charge >= 0.3 is 5.97 Å². The fourth-order valence-electron chi connectivity index (χ4n) is 3.76. The molecule has 29 heavy (non-hydrogen) atoms. The van der Waals surface area contributed by atoms with E-state index in [2.05, 4.69) is 32.2 Å². The molecule has 1 fully saturated rings. The number of hydrogen-bond acceptors (Lipinski definition) is 3. The van der Waals surface area contributed by atoms with E-state index in [4.69, 9.17) is 9.47 Å². The number of hydrogen-bond donors (Lipinski definition) is 0. The topological polar surface area (TPSA) is 35.5 Å². The molecule has 0 heterocycles. The van der Waals surface area contributed by atoms with Crippen LogP contribution in [0.4, 0.5) is 0 Å². The minimum Gasteiger partial charge on any atom is -0.481 e. The van der Waals surface area contributed by atoms with Crippen LogP contribution in [-0.4, -0.2) is 11.6 Å². The third-order valence-electron chi connectivity index (χ3n) is 5.06. The summed E-state index contributed by atoms with van der Waals surface area (Å²) in [5, 5.41) is 0. The molecule has 1 saturated carbocycles. The van der Waals surface area contributed by atoms with Gasteiger partial charge in [-0.1, -0.05) is 80.8 Å². The van der Waals surface area contributed by atoms with Crippen molar-refractivity contribution in [3.05, 3.63) is 102 Å². The zero-order valence-electron chi connectivity index (χ0n) is 17.2. The molecule has 3 heteroatoms. The van der Waals surface area contributed by atoms with Crippen LogP contribution in [0.25, 0.3) is 0 Å². The van der Waals surface area contributed by atoms with E-state index in [-0.39, 0.29) is 5.97 Å². The molecule has 1 unspecified atom stereocenters. The van der Waals surface area contributed by atoms with Crippen molar-refractivity contribution in [1.29, 1.82) is 0 Å². The fourth-order valence-corrected chi connectivity index (χ4v) is 3.76. The second kappa shape index (κ2) is 9.45. The van der Waals surface area contributed by atoms with Gasteiger partial charge in [-0.25, -0.2) is 4.79 Å². The average Bonchev–Trinajstić information content (AvgIpc) is 3.12. The van der Waals surface area contributed by atoms with Gasteiger partial charge in [0, 0.05) is 0 Å². The van der Waals surface area contributed by atoms with Gasteiger partial charge in [0.15, 0.2) is 11.4 Å². The van der Waals surface area contributed by atoms with E-state index < -0.39 is 5.60 Å². The Labute approximate surface area is 173 Å². The quantitative estimate of drug-likeness (QED) is 0.244. The van der Waals surface area contributed by atoms with Gasteiger partial charge in [0.2, 0.25) is 0 Å². The molecule has 0 radical (unpaired) electrons. The lowest BCUT2D eigenvalue weighted by Crippen LogP contribution is -2.37. The lowest BCUT2D eigenvalue weighted by molar-refractivity contribution is -0.0116. The second-order valence-corrected chi connectivity index (χ2v) is 7.65. The van der Waals surface area contributed by atoms with Crippen LogP contribution < -0.4 is 0 Å². The Kier molecular flexibility index (Phi) is 6.74. The summed E-state index contributed by atoms with van der Waals surface area (Å²) in [6.45, 7) is 8.47. The van der Waals surface area contributed by atoms with Gasteiger partial charge in [-0.3, -0.25) is 0 Å². The molecule has 1 atom stereocenters. The molecule has 3 nitrogen and oxygen atoms in total. The van der Waals surface area contributed by atoms with Crippen molar-refractivity contribution in [3.63, 3.8) is 0 Å². The Morgan fingerprint density at radius 3 is 2.41 bits per heavy atom. The van der Waals surface area contributed by atoms with Crippen molar-refractivity contribution < 1.29 is 14.3 Å². The zero-order valence-corrected chi connectivity index (χ0v) is 17.2. The predicted octanol–water partition coefficient (Wildman–Crippen LogP) is 6.23. The van der Waals surface area contributed by atoms with Gasteiger partial charge < -0.3 is 9.47 Å². The predicted molar refractivity (Wildman–Crippen MR) is 115 cm³/mol. The highest BCUT2D eigenvalue weighted by molar-refractivity contribution is 5.90. The van der Waals surface area contributed by atoms with E-state index in [0.717, 1.165) is 24.0 Å². The molecule has 0 bridgehead atoms.